The Balaban J connectivity index is 2.97. The van der Waals surface area contributed by atoms with Crippen molar-refractivity contribution in [1.29, 1.82) is 0 Å². The van der Waals surface area contributed by atoms with Gasteiger partial charge in [-0.25, -0.2) is 8.42 Å². The van der Waals surface area contributed by atoms with E-state index in [-0.39, 0.29) is 6.54 Å². The van der Waals surface area contributed by atoms with E-state index in [0.717, 1.165) is 0 Å². The van der Waals surface area contributed by atoms with Crippen molar-refractivity contribution in [1.82, 2.24) is 15.0 Å². The first-order valence-corrected chi connectivity index (χ1v) is 8.56. The average Bonchev–Trinajstić information content (AvgIpc) is 2.35. The summed E-state index contributed by atoms with van der Waals surface area (Å²) in [7, 11) is 0.478. The maximum absolute atomic E-state index is 11.7. The summed E-state index contributed by atoms with van der Waals surface area (Å²) in [5.41, 5.74) is 0. The predicted molar refractivity (Wildman–Crippen MR) is 85.7 cm³/mol. The predicted octanol–water partition coefficient (Wildman–Crippen LogP) is 0.605. The van der Waals surface area contributed by atoms with Crippen molar-refractivity contribution in [3.8, 4) is 0 Å². The number of nitrogens with zero attached hydrogens (tertiary/aromatic N) is 4. The van der Waals surface area contributed by atoms with Gasteiger partial charge in [0.15, 0.2) is 9.84 Å². The van der Waals surface area contributed by atoms with Crippen molar-refractivity contribution in [2.75, 3.05) is 49.0 Å². The highest BCUT2D eigenvalue weighted by atomic mass is 32.2. The topological polar surface area (TPSA) is 100 Å². The van der Waals surface area contributed by atoms with Crippen LogP contribution in [-0.4, -0.2) is 61.6 Å². The normalized spacial score (nSPS) is 12.1. The Morgan fingerprint density at radius 2 is 1.62 bits per heavy atom. The number of aromatic nitrogens is 3. The van der Waals surface area contributed by atoms with Gasteiger partial charge >= 0.3 is 0 Å². The Morgan fingerprint density at radius 1 is 1.10 bits per heavy atom. The Hall–Kier alpha value is -1.64. The van der Waals surface area contributed by atoms with E-state index >= 15 is 0 Å². The fourth-order valence-electron chi connectivity index (χ4n) is 1.30. The summed E-state index contributed by atoms with van der Waals surface area (Å²) in [4.78, 5) is 14.5. The molecule has 0 bridgehead atoms. The Labute approximate surface area is 126 Å². The van der Waals surface area contributed by atoms with E-state index in [2.05, 4.69) is 25.6 Å². The summed E-state index contributed by atoms with van der Waals surface area (Å²) in [6.07, 6.45) is 1.22. The highest BCUT2D eigenvalue weighted by Crippen LogP contribution is 2.17. The van der Waals surface area contributed by atoms with Crippen LogP contribution in [0, 0.1) is 0 Å². The molecule has 8 nitrogen and oxygen atoms in total. The van der Waals surface area contributed by atoms with Gasteiger partial charge in [-0.2, -0.15) is 15.0 Å². The van der Waals surface area contributed by atoms with Crippen LogP contribution in [0.3, 0.4) is 0 Å². The van der Waals surface area contributed by atoms with Crippen LogP contribution in [0.4, 0.5) is 17.8 Å². The molecule has 0 aliphatic heterocycles. The van der Waals surface area contributed by atoms with Crippen molar-refractivity contribution in [2.24, 2.45) is 0 Å². The molecule has 0 aliphatic carbocycles. The Kier molecular flexibility index (Phi) is 5.32. The van der Waals surface area contributed by atoms with E-state index in [1.54, 1.807) is 18.7 Å². The zero-order valence-electron chi connectivity index (χ0n) is 13.4. The molecule has 0 radical (unpaired) electrons. The number of hydrogen-bond donors (Lipinski definition) is 2. The number of rotatable bonds is 7. The number of sulfone groups is 1. The molecular weight excluding hydrogens is 292 g/mol. The van der Waals surface area contributed by atoms with Crippen molar-refractivity contribution in [2.45, 2.75) is 25.5 Å². The zero-order valence-corrected chi connectivity index (χ0v) is 14.2. The lowest BCUT2D eigenvalue weighted by Crippen LogP contribution is -2.38. The van der Waals surface area contributed by atoms with Gasteiger partial charge in [0.1, 0.15) is 0 Å². The van der Waals surface area contributed by atoms with Gasteiger partial charge in [-0.15, -0.1) is 0 Å². The minimum atomic E-state index is -3.18. The van der Waals surface area contributed by atoms with Gasteiger partial charge in [0.25, 0.3) is 0 Å². The third kappa shape index (κ3) is 4.69. The quantitative estimate of drug-likeness (QED) is 0.754. The molecule has 9 heteroatoms. The molecule has 0 aliphatic rings. The van der Waals surface area contributed by atoms with E-state index < -0.39 is 14.6 Å². The molecule has 1 heterocycles. The van der Waals surface area contributed by atoms with Gasteiger partial charge in [0, 0.05) is 33.4 Å². The monoisotopic (exact) mass is 316 g/mol. The molecule has 0 atom stereocenters. The van der Waals surface area contributed by atoms with Crippen LogP contribution < -0.4 is 15.5 Å². The second-order valence-corrected chi connectivity index (χ2v) is 8.24. The van der Waals surface area contributed by atoms with Crippen molar-refractivity contribution in [3.63, 3.8) is 0 Å². The molecule has 120 valence electrons. The van der Waals surface area contributed by atoms with Crippen LogP contribution >= 0.6 is 0 Å². The fraction of sp³-hybridized carbons (Fsp3) is 0.750. The maximum atomic E-state index is 11.7. The highest BCUT2D eigenvalue weighted by Gasteiger charge is 2.30. The minimum Gasteiger partial charge on any atom is -0.354 e. The number of hydrogen-bond acceptors (Lipinski definition) is 8. The van der Waals surface area contributed by atoms with E-state index in [0.29, 0.717) is 24.4 Å². The lowest BCUT2D eigenvalue weighted by Gasteiger charge is -2.23. The molecule has 21 heavy (non-hydrogen) atoms. The molecule has 0 spiro atoms. The third-order valence-corrected chi connectivity index (χ3v) is 5.19. The van der Waals surface area contributed by atoms with Crippen LogP contribution in [0.2, 0.25) is 0 Å². The van der Waals surface area contributed by atoms with Crippen molar-refractivity contribution < 1.29 is 8.42 Å². The summed E-state index contributed by atoms with van der Waals surface area (Å²) in [5, 5.41) is 6.00. The molecule has 0 saturated heterocycles. The minimum absolute atomic E-state index is 0.217. The Morgan fingerprint density at radius 3 is 2.05 bits per heavy atom. The summed E-state index contributed by atoms with van der Waals surface area (Å²) in [6, 6.07) is 0. The third-order valence-electron chi connectivity index (χ3n) is 3.03. The van der Waals surface area contributed by atoms with Crippen LogP contribution in [0.1, 0.15) is 20.8 Å². The molecule has 0 amide bonds. The van der Waals surface area contributed by atoms with E-state index in [4.69, 9.17) is 0 Å². The molecule has 1 aromatic heterocycles. The van der Waals surface area contributed by atoms with Gasteiger partial charge < -0.3 is 15.5 Å². The molecule has 0 fully saturated rings. The van der Waals surface area contributed by atoms with Crippen LogP contribution in [0.15, 0.2) is 0 Å². The summed E-state index contributed by atoms with van der Waals surface area (Å²) < 4.78 is 22.5. The second kappa shape index (κ2) is 6.42. The molecule has 2 N–H and O–H groups in total. The highest BCUT2D eigenvalue weighted by molar-refractivity contribution is 7.92. The van der Waals surface area contributed by atoms with Gasteiger partial charge in [-0.1, -0.05) is 0 Å². The van der Waals surface area contributed by atoms with Crippen LogP contribution in [0.5, 0.6) is 0 Å². The first kappa shape index (κ1) is 17.4. The Bertz CT molecular complexity index is 585. The van der Waals surface area contributed by atoms with Gasteiger partial charge in [0.05, 0.1) is 4.75 Å². The lowest BCUT2D eigenvalue weighted by atomic mass is 10.2. The maximum Gasteiger partial charge on any atom is 0.231 e. The standard InChI is InChI=1S/C12H24N6O2S/c1-7-13-9-15-10(17-11(16-9)18(4)5)14-8-12(2,3)21(6,19)20/h7-8H2,1-6H3,(H2,13,14,15,16,17). The fourth-order valence-corrected chi connectivity index (χ4v) is 1.64. The molecule has 1 rings (SSSR count). The van der Waals surface area contributed by atoms with Crippen LogP contribution in [-0.2, 0) is 9.84 Å². The number of nitrogens with one attached hydrogen (secondary N) is 2. The first-order chi connectivity index (χ1) is 9.56. The molecular formula is C12H24N6O2S. The van der Waals surface area contributed by atoms with E-state index in [1.807, 2.05) is 21.0 Å². The zero-order chi connectivity index (χ0) is 16.3. The lowest BCUT2D eigenvalue weighted by molar-refractivity contribution is 0.559. The number of anilines is 3. The molecule has 0 saturated carbocycles. The largest absolute Gasteiger partial charge is 0.354 e. The van der Waals surface area contributed by atoms with E-state index in [1.165, 1.54) is 6.26 Å². The van der Waals surface area contributed by atoms with Gasteiger partial charge in [0.2, 0.25) is 17.8 Å². The summed E-state index contributed by atoms with van der Waals surface area (Å²) in [6.45, 7) is 6.17. The van der Waals surface area contributed by atoms with E-state index in [9.17, 15) is 8.42 Å². The average molecular weight is 316 g/mol. The smallest absolute Gasteiger partial charge is 0.231 e. The molecule has 0 aromatic carbocycles. The van der Waals surface area contributed by atoms with Crippen molar-refractivity contribution >= 4 is 27.7 Å². The summed E-state index contributed by atoms with van der Waals surface area (Å²) in [5.74, 6) is 1.30. The van der Waals surface area contributed by atoms with Gasteiger partial charge in [-0.05, 0) is 20.8 Å². The van der Waals surface area contributed by atoms with Gasteiger partial charge in [-0.3, -0.25) is 0 Å². The molecule has 1 aromatic rings. The first-order valence-electron chi connectivity index (χ1n) is 6.67. The second-order valence-electron chi connectivity index (χ2n) is 5.59. The molecule has 0 unspecified atom stereocenters. The summed E-state index contributed by atoms with van der Waals surface area (Å²) >= 11 is 0. The SMILES string of the molecule is CCNc1nc(NCC(C)(C)S(C)(=O)=O)nc(N(C)C)n1. The van der Waals surface area contributed by atoms with Crippen LogP contribution in [0.25, 0.3) is 0 Å². The van der Waals surface area contributed by atoms with Crippen molar-refractivity contribution in [3.05, 3.63) is 0 Å².